The van der Waals surface area contributed by atoms with Crippen molar-refractivity contribution in [3.05, 3.63) is 230 Å². The van der Waals surface area contributed by atoms with Gasteiger partial charge in [-0.15, -0.1) is 0 Å². The molecule has 0 atom stereocenters. The molecule has 0 saturated heterocycles. The van der Waals surface area contributed by atoms with Gasteiger partial charge in [0.05, 0.1) is 49.8 Å². The minimum absolute atomic E-state index is 0.0168. The number of benzene rings is 11. The van der Waals surface area contributed by atoms with Gasteiger partial charge in [0.15, 0.2) is 0 Å². The average molecular weight is 1020 g/mol. The molecule has 5 nitrogen and oxygen atoms in total. The van der Waals surface area contributed by atoms with Crippen LogP contribution in [0.3, 0.4) is 0 Å². The molecule has 0 unspecified atom stereocenters. The zero-order chi connectivity index (χ0) is 53.2. The van der Waals surface area contributed by atoms with E-state index >= 15 is 0 Å². The van der Waals surface area contributed by atoms with Gasteiger partial charge in [0.1, 0.15) is 0 Å². The van der Waals surface area contributed by atoms with E-state index in [1.54, 1.807) is 0 Å². The van der Waals surface area contributed by atoms with E-state index in [-0.39, 0.29) is 17.5 Å². The molecule has 6 heteroatoms. The van der Waals surface area contributed by atoms with Crippen molar-refractivity contribution in [3.8, 4) is 5.69 Å². The fourth-order valence-corrected chi connectivity index (χ4v) is 14.9. The van der Waals surface area contributed by atoms with Crippen LogP contribution in [-0.4, -0.2) is 20.1 Å². The minimum atomic E-state index is -0.130. The minimum Gasteiger partial charge on any atom is -0.311 e. The van der Waals surface area contributed by atoms with Crippen LogP contribution < -0.4 is 26.2 Å². The first-order valence-corrected chi connectivity index (χ1v) is 28.4. The van der Waals surface area contributed by atoms with Gasteiger partial charge in [-0.3, -0.25) is 0 Å². The summed E-state index contributed by atoms with van der Waals surface area (Å²) in [4.78, 5) is 5.25. The van der Waals surface area contributed by atoms with Gasteiger partial charge in [-0.2, -0.15) is 0 Å². The highest BCUT2D eigenvalue weighted by atomic mass is 15.2. The second-order valence-corrected chi connectivity index (χ2v) is 24.9. The quantitative estimate of drug-likeness (QED) is 0.164. The maximum absolute atomic E-state index is 2.62. The molecular weight excluding hydrogens is 970 g/mol. The Morgan fingerprint density at radius 2 is 0.637 bits per heavy atom. The Kier molecular flexibility index (Phi) is 8.44. The largest absolute Gasteiger partial charge is 0.311 e. The van der Waals surface area contributed by atoms with Crippen molar-refractivity contribution in [1.29, 1.82) is 0 Å². The molecule has 0 fully saturated rings. The standard InChI is InChI=1S/C74H54BN5/c1-73(2,3)43-29-33-45(34-30-43)76-66-41-64-56(54-23-15-21-52-50-19-9-13-27-62(50)79(64)71(52)54)39-58(66)75-59-40-57-55-24-16-22-53-51-20-10-14-28-63(51)80(72(53)55)65(57)42-67(59)77(46-35-31-44(32-36-46)74(4,5)6)69-38-47(37-68(76)70(69)75)78-60-25-11-7-17-48(60)49-18-8-12-26-61(49)78/h7-42H,1-6H3. The summed E-state index contributed by atoms with van der Waals surface area (Å²) in [6.45, 7) is 13.8. The molecule has 16 aromatic rings. The van der Waals surface area contributed by atoms with E-state index in [2.05, 4.69) is 283 Å². The summed E-state index contributed by atoms with van der Waals surface area (Å²) in [6.07, 6.45) is 0. The molecule has 2 aliphatic heterocycles. The van der Waals surface area contributed by atoms with Gasteiger partial charge in [-0.1, -0.05) is 187 Å². The van der Waals surface area contributed by atoms with Crippen molar-refractivity contribution in [1.82, 2.24) is 13.4 Å². The first-order valence-electron chi connectivity index (χ1n) is 28.4. The van der Waals surface area contributed by atoms with Gasteiger partial charge in [0, 0.05) is 88.0 Å². The molecular formula is C74H54BN5. The molecule has 0 spiro atoms. The molecule has 7 heterocycles. The summed E-state index contributed by atoms with van der Waals surface area (Å²) >= 11 is 0. The van der Waals surface area contributed by atoms with Gasteiger partial charge < -0.3 is 23.2 Å². The topological polar surface area (TPSA) is 20.2 Å². The molecule has 0 radical (unpaired) electrons. The lowest BCUT2D eigenvalue weighted by Crippen LogP contribution is -2.61. The first-order chi connectivity index (χ1) is 39.0. The molecule has 0 bridgehead atoms. The Balaban J connectivity index is 1.03. The van der Waals surface area contributed by atoms with Crippen LogP contribution in [0.5, 0.6) is 0 Å². The van der Waals surface area contributed by atoms with Gasteiger partial charge in [-0.05, 0) is 111 Å². The van der Waals surface area contributed by atoms with Crippen LogP contribution in [0.2, 0.25) is 0 Å². The Bertz CT molecular complexity index is 5000. The molecule has 0 amide bonds. The summed E-state index contributed by atoms with van der Waals surface area (Å²) < 4.78 is 7.62. The number of aromatic nitrogens is 3. The van der Waals surface area contributed by atoms with Crippen LogP contribution in [0.25, 0.3) is 104 Å². The monoisotopic (exact) mass is 1020 g/mol. The number of rotatable bonds is 3. The Labute approximate surface area is 463 Å². The third kappa shape index (κ3) is 5.67. The lowest BCUT2D eigenvalue weighted by atomic mass is 9.33. The summed E-state index contributed by atoms with van der Waals surface area (Å²) in [7, 11) is 0. The predicted molar refractivity (Wildman–Crippen MR) is 342 cm³/mol. The van der Waals surface area contributed by atoms with E-state index < -0.39 is 0 Å². The highest BCUT2D eigenvalue weighted by Gasteiger charge is 2.45. The number of hydrogen-bond acceptors (Lipinski definition) is 2. The summed E-state index contributed by atoms with van der Waals surface area (Å²) in [5.74, 6) is 0. The third-order valence-electron chi connectivity index (χ3n) is 18.6. The van der Waals surface area contributed by atoms with E-state index in [1.165, 1.54) is 148 Å². The van der Waals surface area contributed by atoms with Crippen molar-refractivity contribution in [2.75, 3.05) is 9.80 Å². The first kappa shape index (κ1) is 44.5. The maximum Gasteiger partial charge on any atom is 0.252 e. The number of nitrogens with zero attached hydrogens (tertiary/aromatic N) is 5. The summed E-state index contributed by atoms with van der Waals surface area (Å²) in [6, 6.07) is 83.9. The van der Waals surface area contributed by atoms with Gasteiger partial charge in [-0.25, -0.2) is 0 Å². The molecule has 80 heavy (non-hydrogen) atoms. The van der Waals surface area contributed by atoms with Crippen molar-refractivity contribution in [2.45, 2.75) is 52.4 Å². The lowest BCUT2D eigenvalue weighted by Gasteiger charge is -2.44. The van der Waals surface area contributed by atoms with Crippen molar-refractivity contribution in [3.63, 3.8) is 0 Å². The van der Waals surface area contributed by atoms with Gasteiger partial charge in [0.2, 0.25) is 0 Å². The summed E-state index contributed by atoms with van der Waals surface area (Å²) in [5, 5.41) is 12.8. The molecule has 0 N–H and O–H groups in total. The number of anilines is 6. The van der Waals surface area contributed by atoms with Crippen LogP contribution in [0.4, 0.5) is 34.1 Å². The molecule has 18 rings (SSSR count). The summed E-state index contributed by atoms with van der Waals surface area (Å²) in [5.41, 5.74) is 24.5. The van der Waals surface area contributed by atoms with Crippen molar-refractivity contribution < 1.29 is 0 Å². The zero-order valence-corrected chi connectivity index (χ0v) is 45.6. The predicted octanol–water partition coefficient (Wildman–Crippen LogP) is 17.8. The van der Waals surface area contributed by atoms with E-state index in [9.17, 15) is 0 Å². The Morgan fingerprint density at radius 3 is 1.04 bits per heavy atom. The molecule has 11 aromatic carbocycles. The molecule has 5 aromatic heterocycles. The lowest BCUT2D eigenvalue weighted by molar-refractivity contribution is 0.590. The zero-order valence-electron chi connectivity index (χ0n) is 45.6. The van der Waals surface area contributed by atoms with Crippen LogP contribution in [-0.2, 0) is 10.8 Å². The molecule has 0 saturated carbocycles. The fraction of sp³-hybridized carbons (Fsp3) is 0.108. The molecule has 2 aliphatic rings. The molecule has 0 aliphatic carbocycles. The van der Waals surface area contributed by atoms with Crippen molar-refractivity contribution >= 4 is 155 Å². The van der Waals surface area contributed by atoms with E-state index in [1.807, 2.05) is 0 Å². The maximum atomic E-state index is 2.62. The number of para-hydroxylation sites is 6. The van der Waals surface area contributed by atoms with Gasteiger partial charge >= 0.3 is 0 Å². The normalized spacial score (nSPS) is 13.8. The van der Waals surface area contributed by atoms with Crippen LogP contribution in [0.15, 0.2) is 218 Å². The van der Waals surface area contributed by atoms with Crippen LogP contribution in [0, 0.1) is 0 Å². The highest BCUT2D eigenvalue weighted by Crippen LogP contribution is 2.50. The van der Waals surface area contributed by atoms with Crippen molar-refractivity contribution in [2.24, 2.45) is 0 Å². The third-order valence-corrected chi connectivity index (χ3v) is 18.6. The fourth-order valence-electron chi connectivity index (χ4n) is 14.9. The van der Waals surface area contributed by atoms with Crippen LogP contribution in [0.1, 0.15) is 52.7 Å². The van der Waals surface area contributed by atoms with Gasteiger partial charge in [0.25, 0.3) is 6.71 Å². The van der Waals surface area contributed by atoms with Crippen LogP contribution >= 0.6 is 0 Å². The van der Waals surface area contributed by atoms with E-state index in [4.69, 9.17) is 0 Å². The molecule has 378 valence electrons. The van der Waals surface area contributed by atoms with E-state index in [0.717, 1.165) is 17.1 Å². The van der Waals surface area contributed by atoms with E-state index in [0.29, 0.717) is 0 Å². The Morgan fingerprint density at radius 1 is 0.287 bits per heavy atom. The smallest absolute Gasteiger partial charge is 0.252 e. The number of hydrogen-bond donors (Lipinski definition) is 0. The SMILES string of the molecule is CC(C)(C)c1ccc(N2c3cc4c(cc3B3c5cc6c7cccc8c9ccccc9n(c6cc5N(c5ccc(C(C)(C)C)cc5)c5cc(-n6c9ccccc9c9ccccc96)cc2c53)c87)c2cccc3c5ccccc5n4c32)cc1. The highest BCUT2D eigenvalue weighted by molar-refractivity contribution is 7.00. The second-order valence-electron chi connectivity index (χ2n) is 24.9. The number of fused-ring (bicyclic) bond motifs is 19. The second kappa shape index (κ2) is 15.2. The average Bonchev–Trinajstić information content (AvgIpc) is 3.54. The Hall–Kier alpha value is -9.52.